The SMILES string of the molecule is C=CCCCC1CC1C(=O)C(C)CC. The van der Waals surface area contributed by atoms with E-state index in [-0.39, 0.29) is 5.92 Å². The summed E-state index contributed by atoms with van der Waals surface area (Å²) >= 11 is 0. The van der Waals surface area contributed by atoms with E-state index >= 15 is 0 Å². The van der Waals surface area contributed by atoms with E-state index in [9.17, 15) is 4.79 Å². The summed E-state index contributed by atoms with van der Waals surface area (Å²) in [6, 6.07) is 0. The van der Waals surface area contributed by atoms with Crippen molar-refractivity contribution in [3.05, 3.63) is 12.7 Å². The fourth-order valence-corrected chi connectivity index (χ4v) is 2.01. The number of unbranched alkanes of at least 4 members (excludes halogenated alkanes) is 1. The standard InChI is InChI=1S/C13H22O/c1-4-6-7-8-11-9-12(11)13(14)10(3)5-2/h4,10-12H,1,5-9H2,2-3H3. The molecule has 0 N–H and O–H groups in total. The van der Waals surface area contributed by atoms with Crippen molar-refractivity contribution < 1.29 is 4.79 Å². The normalized spacial score (nSPS) is 27.0. The summed E-state index contributed by atoms with van der Waals surface area (Å²) in [5, 5.41) is 0. The molecule has 1 aliphatic carbocycles. The van der Waals surface area contributed by atoms with Crippen LogP contribution in [0, 0.1) is 17.8 Å². The van der Waals surface area contributed by atoms with E-state index in [4.69, 9.17) is 0 Å². The lowest BCUT2D eigenvalue weighted by molar-refractivity contribution is -0.124. The highest BCUT2D eigenvalue weighted by atomic mass is 16.1. The van der Waals surface area contributed by atoms with Crippen LogP contribution in [0.15, 0.2) is 12.7 Å². The Labute approximate surface area is 87.6 Å². The van der Waals surface area contributed by atoms with Crippen LogP contribution in [0.5, 0.6) is 0 Å². The molecule has 1 fully saturated rings. The Morgan fingerprint density at radius 3 is 2.93 bits per heavy atom. The second kappa shape index (κ2) is 5.33. The molecule has 1 saturated carbocycles. The van der Waals surface area contributed by atoms with Crippen molar-refractivity contribution in [2.45, 2.75) is 46.0 Å². The van der Waals surface area contributed by atoms with Crippen LogP contribution < -0.4 is 0 Å². The minimum Gasteiger partial charge on any atom is -0.299 e. The van der Waals surface area contributed by atoms with Gasteiger partial charge < -0.3 is 0 Å². The molecule has 1 heteroatoms. The predicted molar refractivity (Wildman–Crippen MR) is 60.1 cm³/mol. The third-order valence-electron chi connectivity index (χ3n) is 3.37. The van der Waals surface area contributed by atoms with Crippen molar-refractivity contribution in [3.8, 4) is 0 Å². The van der Waals surface area contributed by atoms with Gasteiger partial charge in [-0.1, -0.05) is 19.9 Å². The highest BCUT2D eigenvalue weighted by Crippen LogP contribution is 2.44. The molecule has 0 heterocycles. The molecule has 0 aromatic heterocycles. The highest BCUT2D eigenvalue weighted by Gasteiger charge is 2.42. The van der Waals surface area contributed by atoms with Crippen LogP contribution in [0.4, 0.5) is 0 Å². The van der Waals surface area contributed by atoms with Gasteiger partial charge in [-0.15, -0.1) is 6.58 Å². The molecule has 3 unspecified atom stereocenters. The van der Waals surface area contributed by atoms with E-state index in [1.54, 1.807) is 0 Å². The molecule has 1 rings (SSSR count). The summed E-state index contributed by atoms with van der Waals surface area (Å²) in [5.74, 6) is 1.91. The van der Waals surface area contributed by atoms with E-state index in [1.165, 1.54) is 12.8 Å². The minimum absolute atomic E-state index is 0.282. The lowest BCUT2D eigenvalue weighted by Crippen LogP contribution is -2.12. The van der Waals surface area contributed by atoms with Gasteiger partial charge >= 0.3 is 0 Å². The second-order valence-electron chi connectivity index (χ2n) is 4.53. The van der Waals surface area contributed by atoms with E-state index in [0.29, 0.717) is 17.6 Å². The number of carbonyl (C=O) groups is 1. The Morgan fingerprint density at radius 1 is 1.64 bits per heavy atom. The Balaban J connectivity index is 2.18. The van der Waals surface area contributed by atoms with Gasteiger partial charge in [0.1, 0.15) is 5.78 Å². The van der Waals surface area contributed by atoms with Gasteiger partial charge in [-0.25, -0.2) is 0 Å². The second-order valence-corrected chi connectivity index (χ2v) is 4.53. The van der Waals surface area contributed by atoms with E-state index in [1.807, 2.05) is 6.08 Å². The maximum absolute atomic E-state index is 11.8. The van der Waals surface area contributed by atoms with Crippen molar-refractivity contribution in [3.63, 3.8) is 0 Å². The van der Waals surface area contributed by atoms with Crippen molar-refractivity contribution >= 4 is 5.78 Å². The fraction of sp³-hybridized carbons (Fsp3) is 0.769. The zero-order valence-electron chi connectivity index (χ0n) is 9.46. The van der Waals surface area contributed by atoms with Gasteiger partial charge in [0.2, 0.25) is 0 Å². The quantitative estimate of drug-likeness (QED) is 0.447. The molecule has 0 aromatic carbocycles. The summed E-state index contributed by atoms with van der Waals surface area (Å²) in [6.45, 7) is 7.86. The number of ketones is 1. The van der Waals surface area contributed by atoms with Gasteiger partial charge in [0.15, 0.2) is 0 Å². The molecule has 1 aliphatic rings. The zero-order valence-corrected chi connectivity index (χ0v) is 9.46. The number of rotatable bonds is 7. The van der Waals surface area contributed by atoms with Gasteiger partial charge in [0.05, 0.1) is 0 Å². The molecule has 0 saturated heterocycles. The lowest BCUT2D eigenvalue weighted by atomic mass is 9.98. The van der Waals surface area contributed by atoms with Gasteiger partial charge in [-0.3, -0.25) is 4.79 Å². The molecular formula is C13H22O. The Kier molecular flexibility index (Phi) is 4.37. The van der Waals surface area contributed by atoms with Gasteiger partial charge in [0, 0.05) is 11.8 Å². The average Bonchev–Trinajstić information content (AvgIpc) is 2.95. The predicted octanol–water partition coefficient (Wildman–Crippen LogP) is 3.59. The zero-order chi connectivity index (χ0) is 10.6. The maximum atomic E-state index is 11.8. The summed E-state index contributed by atoms with van der Waals surface area (Å²) in [6.07, 6.45) is 7.64. The largest absolute Gasteiger partial charge is 0.299 e. The molecular weight excluding hydrogens is 172 g/mol. The number of allylic oxidation sites excluding steroid dienone is 1. The molecule has 3 atom stereocenters. The van der Waals surface area contributed by atoms with Crippen LogP contribution in [0.1, 0.15) is 46.0 Å². The smallest absolute Gasteiger partial charge is 0.139 e. The van der Waals surface area contributed by atoms with Crippen molar-refractivity contribution in [2.75, 3.05) is 0 Å². The Morgan fingerprint density at radius 2 is 2.36 bits per heavy atom. The average molecular weight is 194 g/mol. The first kappa shape index (κ1) is 11.5. The van der Waals surface area contributed by atoms with Crippen LogP contribution in [0.25, 0.3) is 0 Å². The molecule has 0 aromatic rings. The minimum atomic E-state index is 0.282. The third-order valence-corrected chi connectivity index (χ3v) is 3.37. The van der Waals surface area contributed by atoms with Crippen LogP contribution in [0.3, 0.4) is 0 Å². The Hall–Kier alpha value is -0.590. The van der Waals surface area contributed by atoms with Crippen LogP contribution in [0.2, 0.25) is 0 Å². The topological polar surface area (TPSA) is 17.1 Å². The fourth-order valence-electron chi connectivity index (χ4n) is 2.01. The van der Waals surface area contributed by atoms with E-state index in [0.717, 1.165) is 19.3 Å². The van der Waals surface area contributed by atoms with Crippen LogP contribution >= 0.6 is 0 Å². The lowest BCUT2D eigenvalue weighted by Gasteiger charge is -2.06. The van der Waals surface area contributed by atoms with Crippen LogP contribution in [-0.4, -0.2) is 5.78 Å². The van der Waals surface area contributed by atoms with Crippen molar-refractivity contribution in [1.29, 1.82) is 0 Å². The monoisotopic (exact) mass is 194 g/mol. The van der Waals surface area contributed by atoms with Gasteiger partial charge in [-0.05, 0) is 38.0 Å². The van der Waals surface area contributed by atoms with Crippen molar-refractivity contribution in [1.82, 2.24) is 0 Å². The van der Waals surface area contributed by atoms with Gasteiger partial charge in [-0.2, -0.15) is 0 Å². The Bertz CT molecular complexity index is 207. The summed E-state index contributed by atoms with van der Waals surface area (Å²) in [4.78, 5) is 11.8. The molecule has 1 nitrogen and oxygen atoms in total. The first-order valence-electron chi connectivity index (χ1n) is 5.85. The van der Waals surface area contributed by atoms with Gasteiger partial charge in [0.25, 0.3) is 0 Å². The first-order valence-corrected chi connectivity index (χ1v) is 5.85. The number of hydrogen-bond acceptors (Lipinski definition) is 1. The van der Waals surface area contributed by atoms with Crippen molar-refractivity contribution in [2.24, 2.45) is 17.8 Å². The molecule has 0 amide bonds. The molecule has 0 bridgehead atoms. The maximum Gasteiger partial charge on any atom is 0.139 e. The first-order chi connectivity index (χ1) is 6.70. The number of carbonyl (C=O) groups excluding carboxylic acids is 1. The highest BCUT2D eigenvalue weighted by molar-refractivity contribution is 5.85. The molecule has 0 spiro atoms. The summed E-state index contributed by atoms with van der Waals surface area (Å²) in [7, 11) is 0. The number of Topliss-reactive ketones (excluding diaryl/α,β-unsaturated/α-hetero) is 1. The molecule has 14 heavy (non-hydrogen) atoms. The molecule has 0 aliphatic heterocycles. The molecule has 0 radical (unpaired) electrons. The van der Waals surface area contributed by atoms with E-state index in [2.05, 4.69) is 20.4 Å². The molecule has 80 valence electrons. The van der Waals surface area contributed by atoms with E-state index < -0.39 is 0 Å². The summed E-state index contributed by atoms with van der Waals surface area (Å²) in [5.41, 5.74) is 0. The third kappa shape index (κ3) is 2.97. The van der Waals surface area contributed by atoms with Crippen LogP contribution in [-0.2, 0) is 4.79 Å². The summed E-state index contributed by atoms with van der Waals surface area (Å²) < 4.78 is 0. The number of hydrogen-bond donors (Lipinski definition) is 0.